The van der Waals surface area contributed by atoms with Gasteiger partial charge in [0.1, 0.15) is 4.83 Å². The zero-order chi connectivity index (χ0) is 20.5. The van der Waals surface area contributed by atoms with Crippen molar-refractivity contribution in [2.45, 2.75) is 37.3 Å². The molecule has 7 heteroatoms. The fourth-order valence-electron chi connectivity index (χ4n) is 3.98. The Morgan fingerprint density at radius 3 is 2.73 bits per heavy atom. The van der Waals surface area contributed by atoms with Crippen molar-refractivity contribution in [1.29, 1.82) is 0 Å². The highest BCUT2D eigenvalue weighted by molar-refractivity contribution is 7.99. The maximum atomic E-state index is 13.7. The Morgan fingerprint density at radius 2 is 1.93 bits per heavy atom. The number of nitrogens with zero attached hydrogens (tertiary/aromatic N) is 2. The second-order valence-corrected chi connectivity index (χ2v) is 9.44. The molecule has 4 aromatic rings. The number of carbonyl (C=O) groups is 1. The van der Waals surface area contributed by atoms with E-state index in [0.29, 0.717) is 10.9 Å². The molecule has 0 unspecified atom stereocenters. The number of carbonyl (C=O) groups excluding carboxylic acids is 1. The van der Waals surface area contributed by atoms with E-state index >= 15 is 0 Å². The van der Waals surface area contributed by atoms with E-state index in [-0.39, 0.29) is 17.1 Å². The molecule has 1 aliphatic carbocycles. The van der Waals surface area contributed by atoms with Crippen LogP contribution in [0, 0.1) is 0 Å². The number of hydrogen-bond donors (Lipinski definition) is 1. The van der Waals surface area contributed by atoms with Crippen LogP contribution in [-0.2, 0) is 12.8 Å². The zero-order valence-corrected chi connectivity index (χ0v) is 18.0. The number of aryl methyl sites for hydroxylation is 2. The molecule has 3 heterocycles. The molecular formula is C23H21N3O2S2. The van der Waals surface area contributed by atoms with Crippen molar-refractivity contribution in [1.82, 2.24) is 14.5 Å². The molecule has 0 spiro atoms. The Labute approximate surface area is 182 Å². The molecule has 0 saturated heterocycles. The average Bonchev–Trinajstić information content (AvgIpc) is 3.36. The standard InChI is InChI=1S/C23H21N3O2S2/c27-18(17-11-7-13-24-17)14-29-23-25-21-20(16-10-5-2-6-12-19(16)30-21)22(28)26(23)15-8-3-1-4-9-15/h1,3-4,7-9,11,13,24H,2,5-6,10,12,14H2. The number of Topliss-reactive ketones (excluding diaryl/α,β-unsaturated/α-hetero) is 1. The number of rotatable bonds is 5. The first-order valence-corrected chi connectivity index (χ1v) is 11.9. The van der Waals surface area contributed by atoms with Crippen LogP contribution in [0.3, 0.4) is 0 Å². The van der Waals surface area contributed by atoms with Crippen LogP contribution in [0.25, 0.3) is 15.9 Å². The third kappa shape index (κ3) is 3.52. The quantitative estimate of drug-likeness (QED) is 0.207. The van der Waals surface area contributed by atoms with Gasteiger partial charge in [-0.2, -0.15) is 0 Å². The van der Waals surface area contributed by atoms with Crippen molar-refractivity contribution >= 4 is 39.1 Å². The van der Waals surface area contributed by atoms with Gasteiger partial charge in [0.25, 0.3) is 5.56 Å². The molecule has 0 aliphatic heterocycles. The number of thioether (sulfide) groups is 1. The minimum atomic E-state index is -0.0274. The Hall–Kier alpha value is -2.64. The maximum absolute atomic E-state index is 13.7. The van der Waals surface area contributed by atoms with Gasteiger partial charge in [-0.05, 0) is 55.5 Å². The summed E-state index contributed by atoms with van der Waals surface area (Å²) in [7, 11) is 0. The first-order chi connectivity index (χ1) is 14.7. The molecule has 152 valence electrons. The summed E-state index contributed by atoms with van der Waals surface area (Å²) in [6.07, 6.45) is 7.19. The summed E-state index contributed by atoms with van der Waals surface area (Å²) in [6.45, 7) is 0. The van der Waals surface area contributed by atoms with Gasteiger partial charge in [-0.25, -0.2) is 4.98 Å². The number of thiophene rings is 1. The predicted octanol–water partition coefficient (Wildman–Crippen LogP) is 5.02. The van der Waals surface area contributed by atoms with Gasteiger partial charge in [-0.15, -0.1) is 11.3 Å². The number of nitrogens with one attached hydrogen (secondary N) is 1. The van der Waals surface area contributed by atoms with Gasteiger partial charge in [0.15, 0.2) is 10.9 Å². The second-order valence-electron chi connectivity index (χ2n) is 7.41. The van der Waals surface area contributed by atoms with E-state index in [0.717, 1.165) is 35.2 Å². The van der Waals surface area contributed by atoms with Crippen LogP contribution in [0.15, 0.2) is 58.6 Å². The molecule has 0 fully saturated rings. The van der Waals surface area contributed by atoms with Crippen molar-refractivity contribution in [2.24, 2.45) is 0 Å². The molecule has 0 bridgehead atoms. The van der Waals surface area contributed by atoms with Crippen LogP contribution >= 0.6 is 23.1 Å². The highest BCUT2D eigenvalue weighted by Gasteiger charge is 2.22. The van der Waals surface area contributed by atoms with E-state index in [1.165, 1.54) is 35.0 Å². The highest BCUT2D eigenvalue weighted by atomic mass is 32.2. The molecule has 0 amide bonds. The summed E-state index contributed by atoms with van der Waals surface area (Å²) in [6, 6.07) is 13.2. The average molecular weight is 436 g/mol. The minimum Gasteiger partial charge on any atom is -0.359 e. The van der Waals surface area contributed by atoms with Gasteiger partial charge in [0.05, 0.1) is 22.5 Å². The smallest absolute Gasteiger partial charge is 0.267 e. The van der Waals surface area contributed by atoms with E-state index in [1.54, 1.807) is 34.2 Å². The Kier molecular flexibility index (Phi) is 5.31. The van der Waals surface area contributed by atoms with Gasteiger partial charge >= 0.3 is 0 Å². The molecule has 0 radical (unpaired) electrons. The largest absolute Gasteiger partial charge is 0.359 e. The first-order valence-electron chi connectivity index (χ1n) is 10.1. The molecule has 3 aromatic heterocycles. The van der Waals surface area contributed by atoms with E-state index in [2.05, 4.69) is 4.98 Å². The van der Waals surface area contributed by atoms with E-state index in [9.17, 15) is 9.59 Å². The Morgan fingerprint density at radius 1 is 1.10 bits per heavy atom. The number of ketones is 1. The van der Waals surface area contributed by atoms with E-state index < -0.39 is 0 Å². The SMILES string of the molecule is O=C(CSc1nc2sc3c(c2c(=O)n1-c1ccccc1)CCCCC3)c1ccc[nH]1. The number of hydrogen-bond acceptors (Lipinski definition) is 5. The monoisotopic (exact) mass is 435 g/mol. The third-order valence-electron chi connectivity index (χ3n) is 5.45. The maximum Gasteiger partial charge on any atom is 0.267 e. The fraction of sp³-hybridized carbons (Fsp3) is 0.261. The summed E-state index contributed by atoms with van der Waals surface area (Å²) in [5.74, 6) is 0.206. The lowest BCUT2D eigenvalue weighted by Gasteiger charge is -2.12. The molecule has 1 N–H and O–H groups in total. The number of para-hydroxylation sites is 1. The normalized spacial score (nSPS) is 13.9. The molecular weight excluding hydrogens is 414 g/mol. The van der Waals surface area contributed by atoms with E-state index in [4.69, 9.17) is 4.98 Å². The molecule has 1 aliphatic rings. The minimum absolute atomic E-state index is 0.0130. The lowest BCUT2D eigenvalue weighted by atomic mass is 10.1. The van der Waals surface area contributed by atoms with Crippen LogP contribution in [0.5, 0.6) is 0 Å². The van der Waals surface area contributed by atoms with E-state index in [1.807, 2.05) is 30.3 Å². The molecule has 5 rings (SSSR count). The summed E-state index contributed by atoms with van der Waals surface area (Å²) in [4.78, 5) is 36.1. The van der Waals surface area contributed by atoms with Crippen LogP contribution in [0.4, 0.5) is 0 Å². The number of benzene rings is 1. The van der Waals surface area contributed by atoms with Gasteiger partial charge in [-0.1, -0.05) is 36.4 Å². The zero-order valence-electron chi connectivity index (χ0n) is 16.4. The second kappa shape index (κ2) is 8.24. The first kappa shape index (κ1) is 19.3. The summed E-state index contributed by atoms with van der Waals surface area (Å²) in [5, 5.41) is 1.33. The van der Waals surface area contributed by atoms with Crippen LogP contribution in [0.2, 0.25) is 0 Å². The van der Waals surface area contributed by atoms with Crippen molar-refractivity contribution in [2.75, 3.05) is 5.75 Å². The number of fused-ring (bicyclic) bond motifs is 3. The lowest BCUT2D eigenvalue weighted by molar-refractivity contribution is 0.101. The number of H-pyrrole nitrogens is 1. The van der Waals surface area contributed by atoms with Gasteiger partial charge < -0.3 is 4.98 Å². The number of aromatic amines is 1. The predicted molar refractivity (Wildman–Crippen MR) is 122 cm³/mol. The lowest BCUT2D eigenvalue weighted by Crippen LogP contribution is -2.22. The Balaban J connectivity index is 1.63. The molecule has 0 atom stereocenters. The fourth-order valence-corrected chi connectivity index (χ4v) is 6.17. The summed E-state index contributed by atoms with van der Waals surface area (Å²) < 4.78 is 1.67. The van der Waals surface area contributed by atoms with Crippen molar-refractivity contribution in [3.63, 3.8) is 0 Å². The molecule has 30 heavy (non-hydrogen) atoms. The van der Waals surface area contributed by atoms with Crippen molar-refractivity contribution in [3.8, 4) is 5.69 Å². The molecule has 5 nitrogen and oxygen atoms in total. The van der Waals surface area contributed by atoms with Gasteiger partial charge in [0.2, 0.25) is 0 Å². The van der Waals surface area contributed by atoms with Crippen LogP contribution in [-0.4, -0.2) is 26.1 Å². The number of aromatic nitrogens is 3. The molecule has 1 aromatic carbocycles. The summed E-state index contributed by atoms with van der Waals surface area (Å²) in [5.41, 5.74) is 2.51. The van der Waals surface area contributed by atoms with Crippen molar-refractivity contribution < 1.29 is 4.79 Å². The third-order valence-corrected chi connectivity index (χ3v) is 7.58. The Bertz CT molecular complexity index is 1260. The van der Waals surface area contributed by atoms with Gasteiger partial charge in [0, 0.05) is 11.1 Å². The van der Waals surface area contributed by atoms with Crippen LogP contribution in [0.1, 0.15) is 40.2 Å². The summed E-state index contributed by atoms with van der Waals surface area (Å²) >= 11 is 2.96. The van der Waals surface area contributed by atoms with Crippen molar-refractivity contribution in [3.05, 3.63) is 75.1 Å². The highest BCUT2D eigenvalue weighted by Crippen LogP contribution is 2.34. The van der Waals surface area contributed by atoms with Gasteiger partial charge in [-0.3, -0.25) is 14.2 Å². The molecule has 0 saturated carbocycles. The van der Waals surface area contributed by atoms with Crippen LogP contribution < -0.4 is 5.56 Å². The topological polar surface area (TPSA) is 67.8 Å².